The maximum absolute atomic E-state index is 10.9. The van der Waals surface area contributed by atoms with Crippen LogP contribution in [-0.4, -0.2) is 118 Å². The topological polar surface area (TPSA) is 152 Å². The highest BCUT2D eigenvalue weighted by molar-refractivity contribution is 7.46. The number of aliphatic hydroxyl groups is 3. The molecule has 0 aliphatic carbocycles. The van der Waals surface area contributed by atoms with Gasteiger partial charge in [-0.25, -0.2) is 4.57 Å². The molecule has 0 aromatic heterocycles. The molecule has 12 heteroatoms. The van der Waals surface area contributed by atoms with E-state index in [0.717, 1.165) is 32.1 Å². The molecular formula is C26H59N2O9P. The second-order valence-electron chi connectivity index (χ2n) is 9.14. The Morgan fingerprint density at radius 3 is 1.55 bits per heavy atom. The fourth-order valence-corrected chi connectivity index (χ4v) is 4.36. The minimum atomic E-state index is -4.91. The van der Waals surface area contributed by atoms with Crippen molar-refractivity contribution >= 4 is 7.82 Å². The predicted molar refractivity (Wildman–Crippen MR) is 151 cm³/mol. The number of nitrogens with zero attached hydrogens (tertiary/aromatic N) is 2. The number of phosphoric ester groups is 1. The summed E-state index contributed by atoms with van der Waals surface area (Å²) in [5.74, 6) is 0. The Hall–Kier alpha value is -0.170. The van der Waals surface area contributed by atoms with Crippen LogP contribution in [-0.2, 0) is 18.6 Å². The number of hydrogen-bond acceptors (Lipinski definition) is 9. The quantitative estimate of drug-likeness (QED) is 0.129. The molecule has 38 heavy (non-hydrogen) atoms. The molecule has 1 rings (SSSR count). The first kappa shape index (κ1) is 40.0. The number of ether oxygens (including phenoxy) is 2. The summed E-state index contributed by atoms with van der Waals surface area (Å²) in [7, 11) is -4.91. The van der Waals surface area contributed by atoms with Crippen LogP contribution < -0.4 is 0 Å². The van der Waals surface area contributed by atoms with E-state index in [1.165, 1.54) is 45.7 Å². The van der Waals surface area contributed by atoms with Crippen LogP contribution in [0.15, 0.2) is 0 Å². The predicted octanol–water partition coefficient (Wildman–Crippen LogP) is 2.98. The summed E-state index contributed by atoms with van der Waals surface area (Å²) in [4.78, 5) is 22.4. The molecule has 1 aliphatic heterocycles. The fraction of sp³-hybridized carbons (Fsp3) is 1.00. The van der Waals surface area contributed by atoms with Crippen LogP contribution in [0, 0.1) is 0 Å². The van der Waals surface area contributed by atoms with Gasteiger partial charge in [-0.3, -0.25) is 4.52 Å². The Kier molecular flexibility index (Phi) is 25.9. The van der Waals surface area contributed by atoms with E-state index in [2.05, 4.69) is 62.8 Å². The zero-order valence-corrected chi connectivity index (χ0v) is 25.9. The third-order valence-corrected chi connectivity index (χ3v) is 7.04. The van der Waals surface area contributed by atoms with Gasteiger partial charge < -0.3 is 44.4 Å². The van der Waals surface area contributed by atoms with Gasteiger partial charge in [-0.1, -0.05) is 80.6 Å². The molecule has 1 fully saturated rings. The Balaban J connectivity index is 0. The van der Waals surface area contributed by atoms with E-state index >= 15 is 0 Å². The third-order valence-electron chi connectivity index (χ3n) is 6.55. The molecule has 1 heterocycles. The minimum absolute atomic E-state index is 0.270. The highest BCUT2D eigenvalue weighted by atomic mass is 31.2. The van der Waals surface area contributed by atoms with E-state index in [-0.39, 0.29) is 6.61 Å². The average molecular weight is 575 g/mol. The van der Waals surface area contributed by atoms with Crippen molar-refractivity contribution in [3.63, 3.8) is 0 Å². The first-order valence-electron chi connectivity index (χ1n) is 14.4. The number of unbranched alkanes of at least 4 members (excludes halogenated alkanes) is 5. The molecular weight excluding hydrogens is 515 g/mol. The molecule has 1 saturated heterocycles. The smallest absolute Gasteiger partial charge is 0.394 e. The monoisotopic (exact) mass is 574 g/mol. The van der Waals surface area contributed by atoms with Gasteiger partial charge in [0.15, 0.2) is 6.29 Å². The van der Waals surface area contributed by atoms with Crippen LogP contribution in [0.4, 0.5) is 0 Å². The number of hydrogen-bond donors (Lipinski definition) is 5. The number of phosphoric acid groups is 1. The molecule has 0 aromatic carbocycles. The van der Waals surface area contributed by atoms with Gasteiger partial charge in [0.2, 0.25) is 0 Å². The van der Waals surface area contributed by atoms with Crippen LogP contribution >= 0.6 is 7.82 Å². The van der Waals surface area contributed by atoms with E-state index in [4.69, 9.17) is 19.3 Å². The second-order valence-corrected chi connectivity index (χ2v) is 10.3. The zero-order chi connectivity index (χ0) is 29.6. The standard InChI is InChI=1S/C14H29O9P.2C6H15N/c1-2-3-4-5-6-7-8-21-13-11(16)10(9-15)22-14(12(13)17)23-24(18,19)20;2*1-4-7(5-2)6-3/h10-17H,2-9H2,1H3,(H2,18,19,20);2*4-6H2,1-3H3/t10-,11-,12-,13+,14-;;/m1../s1. The summed E-state index contributed by atoms with van der Waals surface area (Å²) in [6.07, 6.45) is -0.725. The van der Waals surface area contributed by atoms with Gasteiger partial charge in [0.05, 0.1) is 6.61 Å². The van der Waals surface area contributed by atoms with Crippen LogP contribution in [0.3, 0.4) is 0 Å². The molecule has 0 spiro atoms. The summed E-state index contributed by atoms with van der Waals surface area (Å²) < 4.78 is 25.8. The molecule has 0 unspecified atom stereocenters. The molecule has 1 aliphatic rings. The third kappa shape index (κ3) is 19.0. The first-order valence-corrected chi connectivity index (χ1v) is 15.9. The van der Waals surface area contributed by atoms with Gasteiger partial charge in [-0.15, -0.1) is 0 Å². The molecule has 0 aromatic rings. The van der Waals surface area contributed by atoms with Crippen LogP contribution in [0.5, 0.6) is 0 Å². The zero-order valence-electron chi connectivity index (χ0n) is 25.0. The van der Waals surface area contributed by atoms with Crippen molar-refractivity contribution in [2.45, 2.75) is 118 Å². The van der Waals surface area contributed by atoms with Gasteiger partial charge >= 0.3 is 7.82 Å². The normalized spacial score (nSPS) is 23.6. The Morgan fingerprint density at radius 1 is 0.737 bits per heavy atom. The highest BCUT2D eigenvalue weighted by Gasteiger charge is 2.47. The fourth-order valence-electron chi connectivity index (χ4n) is 3.92. The lowest BCUT2D eigenvalue weighted by atomic mass is 9.99. The first-order chi connectivity index (χ1) is 18.0. The summed E-state index contributed by atoms with van der Waals surface area (Å²) in [6, 6.07) is 0. The average Bonchev–Trinajstić information content (AvgIpc) is 2.89. The highest BCUT2D eigenvalue weighted by Crippen LogP contribution is 2.41. The Morgan fingerprint density at radius 2 is 1.18 bits per heavy atom. The lowest BCUT2D eigenvalue weighted by Gasteiger charge is -2.41. The SMILES string of the molecule is CCCCCCCCO[C@@H]1[C@@H](O)[C@@H](OP(=O)(O)O)O[C@H](CO)[C@H]1O.CCN(CC)CC.CCN(CC)CC. The van der Waals surface area contributed by atoms with E-state index < -0.39 is 45.1 Å². The summed E-state index contributed by atoms with van der Waals surface area (Å²) in [5, 5.41) is 29.4. The largest absolute Gasteiger partial charge is 0.472 e. The van der Waals surface area contributed by atoms with Crippen molar-refractivity contribution in [1.29, 1.82) is 0 Å². The summed E-state index contributed by atoms with van der Waals surface area (Å²) >= 11 is 0. The maximum Gasteiger partial charge on any atom is 0.472 e. The lowest BCUT2D eigenvalue weighted by molar-refractivity contribution is -0.288. The number of rotatable bonds is 17. The summed E-state index contributed by atoms with van der Waals surface area (Å²) in [6.45, 7) is 22.0. The number of aliphatic hydroxyl groups excluding tert-OH is 3. The Labute approximate surface area is 231 Å². The van der Waals surface area contributed by atoms with E-state index in [1.807, 2.05) is 0 Å². The molecule has 11 nitrogen and oxygen atoms in total. The van der Waals surface area contributed by atoms with Crippen molar-refractivity contribution in [3.05, 3.63) is 0 Å². The molecule has 0 bridgehead atoms. The molecule has 232 valence electrons. The lowest BCUT2D eigenvalue weighted by Crippen LogP contribution is -2.59. The van der Waals surface area contributed by atoms with Gasteiger partial charge in [0.25, 0.3) is 0 Å². The van der Waals surface area contributed by atoms with Crippen molar-refractivity contribution in [3.8, 4) is 0 Å². The van der Waals surface area contributed by atoms with Crippen LogP contribution in [0.1, 0.15) is 87.0 Å². The van der Waals surface area contributed by atoms with Gasteiger partial charge in [-0.05, 0) is 45.7 Å². The molecule has 0 amide bonds. The van der Waals surface area contributed by atoms with Crippen LogP contribution in [0.2, 0.25) is 0 Å². The van der Waals surface area contributed by atoms with E-state index in [1.54, 1.807) is 0 Å². The van der Waals surface area contributed by atoms with E-state index in [0.29, 0.717) is 0 Å². The van der Waals surface area contributed by atoms with Crippen molar-refractivity contribution in [2.75, 3.05) is 52.5 Å². The van der Waals surface area contributed by atoms with Crippen molar-refractivity contribution < 1.29 is 43.7 Å². The van der Waals surface area contributed by atoms with Gasteiger partial charge in [0.1, 0.15) is 24.4 Å². The molecule has 5 atom stereocenters. The second kappa shape index (κ2) is 24.6. The van der Waals surface area contributed by atoms with Crippen molar-refractivity contribution in [1.82, 2.24) is 9.80 Å². The summed E-state index contributed by atoms with van der Waals surface area (Å²) in [5.41, 5.74) is 0. The van der Waals surface area contributed by atoms with Crippen molar-refractivity contribution in [2.24, 2.45) is 0 Å². The molecule has 0 saturated carbocycles. The van der Waals surface area contributed by atoms with Gasteiger partial charge in [0, 0.05) is 6.61 Å². The maximum atomic E-state index is 10.9. The molecule has 5 N–H and O–H groups in total. The Bertz CT molecular complexity index is 540. The molecule has 0 radical (unpaired) electrons. The van der Waals surface area contributed by atoms with Gasteiger partial charge in [-0.2, -0.15) is 0 Å². The van der Waals surface area contributed by atoms with E-state index in [9.17, 15) is 19.9 Å². The van der Waals surface area contributed by atoms with Crippen LogP contribution in [0.25, 0.3) is 0 Å². The minimum Gasteiger partial charge on any atom is -0.394 e.